The number of hydrogen-bond donors (Lipinski definition) is 0. The summed E-state index contributed by atoms with van der Waals surface area (Å²) >= 11 is 0. The molecule has 0 aliphatic heterocycles. The number of Topliss-reactive ketones (excluding diaryl/α,β-unsaturated/α-hetero) is 1. The van der Waals surface area contributed by atoms with Gasteiger partial charge in [0.2, 0.25) is 0 Å². The molecule has 3 aromatic rings. The summed E-state index contributed by atoms with van der Waals surface area (Å²) in [4.78, 5) is 24.8. The lowest BCUT2D eigenvalue weighted by Crippen LogP contribution is -2.20. The first-order chi connectivity index (χ1) is 14.9. The van der Waals surface area contributed by atoms with E-state index in [2.05, 4.69) is 26.0 Å². The quantitative estimate of drug-likeness (QED) is 0.296. The molecule has 0 aromatic heterocycles. The molecule has 4 nitrogen and oxygen atoms in total. The Bertz CT molecular complexity index is 1140. The molecule has 0 amide bonds. The Hall–Kier alpha value is -3.40. The minimum Gasteiger partial charge on any atom is -0.482 e. The van der Waals surface area contributed by atoms with Gasteiger partial charge in [0.25, 0.3) is 0 Å². The van der Waals surface area contributed by atoms with Gasteiger partial charge in [-0.15, -0.1) is 0 Å². The molecule has 0 atom stereocenters. The van der Waals surface area contributed by atoms with Crippen molar-refractivity contribution in [1.29, 1.82) is 0 Å². The molecule has 1 aliphatic carbocycles. The van der Waals surface area contributed by atoms with Crippen molar-refractivity contribution in [3.63, 3.8) is 0 Å². The molecule has 0 saturated heterocycles. The fourth-order valence-electron chi connectivity index (χ4n) is 3.95. The molecule has 31 heavy (non-hydrogen) atoms. The number of rotatable bonds is 7. The lowest BCUT2D eigenvalue weighted by atomic mass is 10.0. The molecule has 0 unspecified atom stereocenters. The van der Waals surface area contributed by atoms with E-state index in [9.17, 15) is 9.59 Å². The second kappa shape index (κ2) is 8.76. The number of fused-ring (bicyclic) bond motifs is 3. The largest absolute Gasteiger partial charge is 0.482 e. The summed E-state index contributed by atoms with van der Waals surface area (Å²) in [7, 11) is 0. The van der Waals surface area contributed by atoms with Gasteiger partial charge in [-0.3, -0.25) is 4.79 Å². The fraction of sp³-hybridized carbons (Fsp3) is 0.259. The highest BCUT2D eigenvalue weighted by molar-refractivity contribution is 5.99. The van der Waals surface area contributed by atoms with E-state index in [1.807, 2.05) is 49.4 Å². The molecule has 4 rings (SSSR count). The zero-order chi connectivity index (χ0) is 22.0. The van der Waals surface area contributed by atoms with Crippen molar-refractivity contribution in [3.05, 3.63) is 88.5 Å². The number of carbonyl (C=O) groups is 2. The average molecular weight is 415 g/mol. The summed E-state index contributed by atoms with van der Waals surface area (Å²) in [5.74, 6) is 0.170. The van der Waals surface area contributed by atoms with Gasteiger partial charge in [-0.05, 0) is 64.8 Å². The smallest absolute Gasteiger partial charge is 0.344 e. The minimum atomic E-state index is -0.559. The molecule has 3 aromatic carbocycles. The van der Waals surface area contributed by atoms with Crippen LogP contribution in [0.4, 0.5) is 0 Å². The fourth-order valence-corrected chi connectivity index (χ4v) is 3.95. The van der Waals surface area contributed by atoms with Gasteiger partial charge >= 0.3 is 5.97 Å². The van der Waals surface area contributed by atoms with Crippen molar-refractivity contribution < 1.29 is 19.1 Å². The minimum absolute atomic E-state index is 0.223. The average Bonchev–Trinajstić information content (AvgIpc) is 3.13. The van der Waals surface area contributed by atoms with Crippen LogP contribution in [0.1, 0.15) is 52.4 Å². The van der Waals surface area contributed by atoms with Crippen LogP contribution in [0.5, 0.6) is 5.75 Å². The molecule has 4 heteroatoms. The predicted octanol–water partition coefficient (Wildman–Crippen LogP) is 5.49. The number of benzene rings is 3. The van der Waals surface area contributed by atoms with E-state index in [1.165, 1.54) is 11.1 Å². The zero-order valence-electron chi connectivity index (χ0n) is 18.1. The number of hydrogen-bond acceptors (Lipinski definition) is 4. The van der Waals surface area contributed by atoms with Crippen molar-refractivity contribution in [2.75, 3.05) is 13.2 Å². The Labute approximate surface area is 182 Å². The van der Waals surface area contributed by atoms with Crippen LogP contribution in [0.3, 0.4) is 0 Å². The summed E-state index contributed by atoms with van der Waals surface area (Å²) < 4.78 is 10.9. The maximum Gasteiger partial charge on any atom is 0.344 e. The SMILES string of the molecule is Cc1ccc(C(C)C)c(OCC(=O)OCC(=O)c2ccc3c(c2)-c2ccccc2C3)c1. The zero-order valence-corrected chi connectivity index (χ0v) is 18.1. The molecule has 0 radical (unpaired) electrons. The first-order valence-corrected chi connectivity index (χ1v) is 10.6. The van der Waals surface area contributed by atoms with Crippen molar-refractivity contribution in [2.45, 2.75) is 33.1 Å². The molecule has 0 N–H and O–H groups in total. The monoisotopic (exact) mass is 414 g/mol. The van der Waals surface area contributed by atoms with Crippen LogP contribution in [-0.2, 0) is 16.0 Å². The van der Waals surface area contributed by atoms with Crippen LogP contribution in [0, 0.1) is 6.92 Å². The van der Waals surface area contributed by atoms with Crippen molar-refractivity contribution in [1.82, 2.24) is 0 Å². The maximum absolute atomic E-state index is 12.6. The second-order valence-electron chi connectivity index (χ2n) is 8.27. The maximum atomic E-state index is 12.6. The summed E-state index contributed by atoms with van der Waals surface area (Å²) in [5, 5.41) is 0. The highest BCUT2D eigenvalue weighted by Gasteiger charge is 2.20. The third kappa shape index (κ3) is 4.53. The Kier molecular flexibility index (Phi) is 5.90. The standard InChI is InChI=1S/C27H26O4/c1-17(2)22-11-8-18(3)12-26(22)30-16-27(29)31-15-25(28)21-10-9-20-13-19-6-4-5-7-23(19)24(20)14-21/h4-12,14,17H,13,15-16H2,1-3H3. The lowest BCUT2D eigenvalue weighted by Gasteiger charge is -2.14. The van der Waals surface area contributed by atoms with Gasteiger partial charge in [0, 0.05) is 5.56 Å². The lowest BCUT2D eigenvalue weighted by molar-refractivity contribution is -0.144. The highest BCUT2D eigenvalue weighted by atomic mass is 16.6. The highest BCUT2D eigenvalue weighted by Crippen LogP contribution is 2.36. The van der Waals surface area contributed by atoms with Gasteiger partial charge < -0.3 is 9.47 Å². The van der Waals surface area contributed by atoms with E-state index in [4.69, 9.17) is 9.47 Å². The topological polar surface area (TPSA) is 52.6 Å². The first kappa shape index (κ1) is 20.9. The van der Waals surface area contributed by atoms with Crippen molar-refractivity contribution >= 4 is 11.8 Å². The number of ether oxygens (including phenoxy) is 2. The van der Waals surface area contributed by atoms with E-state index in [1.54, 1.807) is 6.07 Å². The van der Waals surface area contributed by atoms with Crippen molar-refractivity contribution in [2.24, 2.45) is 0 Å². The summed E-state index contributed by atoms with van der Waals surface area (Å²) in [5.41, 5.74) is 7.36. The Balaban J connectivity index is 1.36. The molecular weight excluding hydrogens is 388 g/mol. The van der Waals surface area contributed by atoms with E-state index in [-0.39, 0.29) is 24.9 Å². The predicted molar refractivity (Wildman–Crippen MR) is 121 cm³/mol. The van der Waals surface area contributed by atoms with E-state index >= 15 is 0 Å². The van der Waals surface area contributed by atoms with Crippen LogP contribution in [0.25, 0.3) is 11.1 Å². The van der Waals surface area contributed by atoms with Gasteiger partial charge in [-0.2, -0.15) is 0 Å². The molecule has 0 heterocycles. The van der Waals surface area contributed by atoms with E-state index in [0.717, 1.165) is 28.7 Å². The van der Waals surface area contributed by atoms with Gasteiger partial charge in [-0.25, -0.2) is 4.79 Å². The van der Waals surface area contributed by atoms with Gasteiger partial charge in [0.1, 0.15) is 5.75 Å². The second-order valence-corrected chi connectivity index (χ2v) is 8.27. The molecular formula is C27H26O4. The van der Waals surface area contributed by atoms with E-state index in [0.29, 0.717) is 11.3 Å². The van der Waals surface area contributed by atoms with Gasteiger partial charge in [0.05, 0.1) is 0 Å². The van der Waals surface area contributed by atoms with Crippen LogP contribution < -0.4 is 4.74 Å². The molecule has 1 aliphatic rings. The Morgan fingerprint density at radius 2 is 1.68 bits per heavy atom. The molecule has 158 valence electrons. The molecule has 0 fully saturated rings. The van der Waals surface area contributed by atoms with Crippen LogP contribution in [0.15, 0.2) is 60.7 Å². The van der Waals surface area contributed by atoms with Gasteiger partial charge in [0.15, 0.2) is 19.0 Å². The van der Waals surface area contributed by atoms with Crippen molar-refractivity contribution in [3.8, 4) is 16.9 Å². The summed E-state index contributed by atoms with van der Waals surface area (Å²) in [6.07, 6.45) is 0.879. The number of ketones is 1. The van der Waals surface area contributed by atoms with Crippen LogP contribution >= 0.6 is 0 Å². The third-order valence-corrected chi connectivity index (χ3v) is 5.62. The normalized spacial score (nSPS) is 11.7. The van der Waals surface area contributed by atoms with Gasteiger partial charge in [-0.1, -0.05) is 62.4 Å². The number of carbonyl (C=O) groups excluding carboxylic acids is 2. The summed E-state index contributed by atoms with van der Waals surface area (Å²) in [6, 6.07) is 19.8. The van der Waals surface area contributed by atoms with Crippen LogP contribution in [0.2, 0.25) is 0 Å². The summed E-state index contributed by atoms with van der Waals surface area (Å²) in [6.45, 7) is 5.59. The number of aryl methyl sites for hydroxylation is 1. The third-order valence-electron chi connectivity index (χ3n) is 5.62. The van der Waals surface area contributed by atoms with E-state index < -0.39 is 5.97 Å². The van der Waals surface area contributed by atoms with Crippen LogP contribution in [-0.4, -0.2) is 25.0 Å². The number of esters is 1. The Morgan fingerprint density at radius 1 is 0.903 bits per heavy atom. The first-order valence-electron chi connectivity index (χ1n) is 10.6. The molecule has 0 bridgehead atoms. The molecule has 0 spiro atoms. The Morgan fingerprint density at radius 3 is 2.48 bits per heavy atom. The molecule has 0 saturated carbocycles.